The van der Waals surface area contributed by atoms with Crippen molar-refractivity contribution in [3.8, 4) is 22.4 Å². The maximum absolute atomic E-state index is 2.33. The largest absolute Gasteiger partial charge is 0.212 e. The van der Waals surface area contributed by atoms with Crippen LogP contribution in [0.3, 0.4) is 0 Å². The van der Waals surface area contributed by atoms with Crippen LogP contribution in [0.5, 0.6) is 0 Å². The van der Waals surface area contributed by atoms with Crippen LogP contribution in [0.25, 0.3) is 22.4 Å². The average Bonchev–Trinajstić information content (AvgIpc) is 2.54. The smallest absolute Gasteiger partial charge is 0.200 e. The highest BCUT2D eigenvalue weighted by atomic mass is 14.9. The molecule has 0 fully saturated rings. The van der Waals surface area contributed by atoms with Crippen molar-refractivity contribution < 1.29 is 4.57 Å². The van der Waals surface area contributed by atoms with Crippen LogP contribution in [0.2, 0.25) is 0 Å². The third kappa shape index (κ3) is 4.17. The summed E-state index contributed by atoms with van der Waals surface area (Å²) in [5, 5.41) is 0. The van der Waals surface area contributed by atoms with Crippen molar-refractivity contribution in [2.24, 2.45) is 12.5 Å². The summed E-state index contributed by atoms with van der Waals surface area (Å²) in [6.45, 7) is 9.03. The van der Waals surface area contributed by atoms with Gasteiger partial charge in [0.1, 0.15) is 7.05 Å². The summed E-state index contributed by atoms with van der Waals surface area (Å²) in [5.74, 6) is 0. The fourth-order valence-electron chi connectivity index (χ4n) is 3.39. The van der Waals surface area contributed by atoms with Gasteiger partial charge in [0.05, 0.1) is 0 Å². The fourth-order valence-corrected chi connectivity index (χ4v) is 3.39. The molecule has 1 heterocycles. The molecule has 0 bridgehead atoms. The van der Waals surface area contributed by atoms with Gasteiger partial charge in [-0.25, -0.2) is 4.57 Å². The quantitative estimate of drug-likeness (QED) is 0.539. The summed E-state index contributed by atoms with van der Waals surface area (Å²) in [6, 6.07) is 21.9. The zero-order chi connectivity index (χ0) is 18.0. The Kier molecular flexibility index (Phi) is 4.76. The number of hydrogen-bond donors (Lipinski definition) is 0. The molecule has 0 unspecified atom stereocenters. The van der Waals surface area contributed by atoms with Gasteiger partial charge in [0, 0.05) is 17.2 Å². The Morgan fingerprint density at radius 3 is 2.28 bits per heavy atom. The summed E-state index contributed by atoms with van der Waals surface area (Å²) < 4.78 is 2.23. The maximum Gasteiger partial charge on any atom is 0.212 e. The first-order valence-electron chi connectivity index (χ1n) is 8.98. The molecule has 128 valence electrons. The number of rotatable bonds is 3. The van der Waals surface area contributed by atoms with Crippen molar-refractivity contribution in [1.82, 2.24) is 0 Å². The number of pyridine rings is 1. The lowest BCUT2D eigenvalue weighted by atomic mass is 9.87. The van der Waals surface area contributed by atoms with Crippen LogP contribution in [0.1, 0.15) is 31.9 Å². The second-order valence-electron chi connectivity index (χ2n) is 8.17. The van der Waals surface area contributed by atoms with E-state index in [9.17, 15) is 0 Å². The molecule has 0 saturated carbocycles. The molecule has 0 aliphatic rings. The van der Waals surface area contributed by atoms with E-state index in [0.29, 0.717) is 5.41 Å². The van der Waals surface area contributed by atoms with E-state index >= 15 is 0 Å². The molecule has 0 aliphatic heterocycles. The molecule has 25 heavy (non-hydrogen) atoms. The van der Waals surface area contributed by atoms with Gasteiger partial charge in [-0.2, -0.15) is 0 Å². The van der Waals surface area contributed by atoms with Crippen LogP contribution in [0.4, 0.5) is 0 Å². The average molecular weight is 330 g/mol. The first-order chi connectivity index (χ1) is 11.8. The Labute approximate surface area is 152 Å². The molecule has 2 aromatic carbocycles. The lowest BCUT2D eigenvalue weighted by Crippen LogP contribution is -2.30. The highest BCUT2D eigenvalue weighted by Gasteiger charge is 2.15. The van der Waals surface area contributed by atoms with Crippen LogP contribution in [-0.2, 0) is 13.5 Å². The first kappa shape index (κ1) is 17.4. The molecule has 3 aromatic rings. The van der Waals surface area contributed by atoms with E-state index in [1.807, 2.05) is 0 Å². The van der Waals surface area contributed by atoms with E-state index < -0.39 is 0 Å². The van der Waals surface area contributed by atoms with Gasteiger partial charge in [0.25, 0.3) is 0 Å². The second-order valence-corrected chi connectivity index (χ2v) is 8.17. The number of benzene rings is 2. The molecule has 1 nitrogen and oxygen atoms in total. The minimum Gasteiger partial charge on any atom is -0.200 e. The highest BCUT2D eigenvalue weighted by Crippen LogP contribution is 2.26. The number of hydrogen-bond acceptors (Lipinski definition) is 0. The van der Waals surface area contributed by atoms with Crippen molar-refractivity contribution in [1.29, 1.82) is 0 Å². The predicted octanol–water partition coefficient (Wildman–Crippen LogP) is 5.74. The monoisotopic (exact) mass is 330 g/mol. The molecular weight excluding hydrogens is 302 g/mol. The van der Waals surface area contributed by atoms with Gasteiger partial charge in [-0.3, -0.25) is 0 Å². The molecule has 0 aliphatic carbocycles. The predicted molar refractivity (Wildman–Crippen MR) is 106 cm³/mol. The number of aromatic nitrogens is 1. The van der Waals surface area contributed by atoms with E-state index in [4.69, 9.17) is 0 Å². The first-order valence-corrected chi connectivity index (χ1v) is 8.98. The SMILES string of the molecule is Cc1ccccc1-c1ccc(-c2cccc(CC(C)(C)C)c2)c[n+]1C. The minimum absolute atomic E-state index is 0.304. The molecule has 0 N–H and O–H groups in total. The molecular formula is C24H28N+. The van der Waals surface area contributed by atoms with E-state index in [2.05, 4.69) is 106 Å². The van der Waals surface area contributed by atoms with Gasteiger partial charge in [-0.05, 0) is 47.6 Å². The zero-order valence-electron chi connectivity index (χ0n) is 16.0. The molecule has 0 radical (unpaired) electrons. The fraction of sp³-hybridized carbons (Fsp3) is 0.292. The lowest BCUT2D eigenvalue weighted by Gasteiger charge is -2.18. The Morgan fingerprint density at radius 1 is 0.840 bits per heavy atom. The van der Waals surface area contributed by atoms with Crippen LogP contribution in [0.15, 0.2) is 66.9 Å². The zero-order valence-corrected chi connectivity index (χ0v) is 16.0. The molecule has 1 heteroatoms. The summed E-state index contributed by atoms with van der Waals surface area (Å²) in [5.41, 5.74) is 8.08. The van der Waals surface area contributed by atoms with Crippen molar-refractivity contribution in [3.63, 3.8) is 0 Å². The molecule has 1 aromatic heterocycles. The molecule has 0 saturated heterocycles. The van der Waals surface area contributed by atoms with Gasteiger partial charge >= 0.3 is 0 Å². The highest BCUT2D eigenvalue weighted by molar-refractivity contribution is 5.66. The Bertz CT molecular complexity index is 885. The second kappa shape index (κ2) is 6.84. The summed E-state index contributed by atoms with van der Waals surface area (Å²) in [4.78, 5) is 0. The molecule has 0 amide bonds. The van der Waals surface area contributed by atoms with E-state index in [-0.39, 0.29) is 0 Å². The van der Waals surface area contributed by atoms with Gasteiger partial charge in [-0.1, -0.05) is 63.2 Å². The van der Waals surface area contributed by atoms with Gasteiger partial charge in [0.2, 0.25) is 5.69 Å². The van der Waals surface area contributed by atoms with E-state index in [0.717, 1.165) is 6.42 Å². The molecule has 3 rings (SSSR count). The molecule has 0 atom stereocenters. The number of nitrogens with zero attached hydrogens (tertiary/aromatic N) is 1. The van der Waals surface area contributed by atoms with Crippen LogP contribution < -0.4 is 4.57 Å². The van der Waals surface area contributed by atoms with Gasteiger partial charge in [0.15, 0.2) is 6.20 Å². The van der Waals surface area contributed by atoms with Crippen molar-refractivity contribution >= 4 is 0 Å². The van der Waals surface area contributed by atoms with E-state index in [1.54, 1.807) is 0 Å². The van der Waals surface area contributed by atoms with Gasteiger partial charge in [-0.15, -0.1) is 0 Å². The van der Waals surface area contributed by atoms with Crippen LogP contribution in [-0.4, -0.2) is 0 Å². The normalized spacial score (nSPS) is 11.6. The van der Waals surface area contributed by atoms with Crippen LogP contribution >= 0.6 is 0 Å². The Morgan fingerprint density at radius 2 is 1.60 bits per heavy atom. The number of aryl methyl sites for hydroxylation is 2. The molecule has 0 spiro atoms. The van der Waals surface area contributed by atoms with Crippen molar-refractivity contribution in [2.45, 2.75) is 34.1 Å². The third-order valence-corrected chi connectivity index (χ3v) is 4.55. The Hall–Kier alpha value is -2.41. The summed E-state index contributed by atoms with van der Waals surface area (Å²) >= 11 is 0. The van der Waals surface area contributed by atoms with Crippen molar-refractivity contribution in [2.75, 3.05) is 0 Å². The van der Waals surface area contributed by atoms with Gasteiger partial charge < -0.3 is 0 Å². The summed E-state index contributed by atoms with van der Waals surface area (Å²) in [7, 11) is 2.13. The lowest BCUT2D eigenvalue weighted by molar-refractivity contribution is -0.659. The van der Waals surface area contributed by atoms with Crippen LogP contribution in [0, 0.1) is 12.3 Å². The maximum atomic E-state index is 2.33. The van der Waals surface area contributed by atoms with E-state index in [1.165, 1.54) is 33.5 Å². The third-order valence-electron chi connectivity index (χ3n) is 4.55. The topological polar surface area (TPSA) is 3.88 Å². The minimum atomic E-state index is 0.304. The standard InChI is InChI=1S/C24H28N/c1-18-9-6-7-12-22(18)23-14-13-21(17-25(23)5)20-11-8-10-19(15-20)16-24(2,3)4/h6-15,17H,16H2,1-5H3/q+1. The Balaban J connectivity index is 1.96. The van der Waals surface area contributed by atoms with Crippen molar-refractivity contribution in [3.05, 3.63) is 78.0 Å². The summed E-state index contributed by atoms with van der Waals surface area (Å²) in [6.07, 6.45) is 3.33.